The molecule has 2 aromatic heterocycles. The van der Waals surface area contributed by atoms with Crippen molar-refractivity contribution in [2.24, 2.45) is 5.92 Å². The number of aryl methyl sites for hydroxylation is 1. The fourth-order valence-electron chi connectivity index (χ4n) is 4.80. The van der Waals surface area contributed by atoms with Crippen LogP contribution in [-0.4, -0.2) is 56.9 Å². The van der Waals surface area contributed by atoms with Gasteiger partial charge < -0.3 is 18.8 Å². The van der Waals surface area contributed by atoms with Gasteiger partial charge in [-0.15, -0.1) is 0 Å². The third-order valence-electron chi connectivity index (χ3n) is 6.14. The molecule has 142 valence electrons. The third-order valence-corrected chi connectivity index (χ3v) is 6.14. The molecule has 4 heterocycles. The van der Waals surface area contributed by atoms with E-state index in [0.29, 0.717) is 6.61 Å². The molecule has 0 aliphatic carbocycles. The van der Waals surface area contributed by atoms with Gasteiger partial charge in [-0.05, 0) is 51.1 Å². The summed E-state index contributed by atoms with van der Waals surface area (Å²) in [4.78, 5) is 11.9. The standard InChI is InChI=1S/C20H31N5O/c1-26-16-15-25-14-9-22-20(25)19-21-8-13-24(19)12-7-17-5-4-11-23-10-3-2-6-18(17)23/h8-9,13-14,17-18H,2-7,10-12,15-16H2,1H3/t17-,18+/m0/s1. The Bertz CT molecular complexity index is 692. The van der Waals surface area contributed by atoms with Crippen molar-refractivity contribution in [1.82, 2.24) is 24.0 Å². The molecule has 6 nitrogen and oxygen atoms in total. The third kappa shape index (κ3) is 3.71. The summed E-state index contributed by atoms with van der Waals surface area (Å²) in [6, 6.07) is 0.813. The monoisotopic (exact) mass is 357 g/mol. The van der Waals surface area contributed by atoms with Gasteiger partial charge in [-0.1, -0.05) is 6.42 Å². The minimum Gasteiger partial charge on any atom is -0.383 e. The molecular formula is C20H31N5O. The van der Waals surface area contributed by atoms with Crippen molar-refractivity contribution in [1.29, 1.82) is 0 Å². The van der Waals surface area contributed by atoms with E-state index < -0.39 is 0 Å². The number of hydrogen-bond donors (Lipinski definition) is 0. The Morgan fingerprint density at radius 3 is 2.46 bits per heavy atom. The second-order valence-electron chi connectivity index (χ2n) is 7.67. The molecule has 2 saturated heterocycles. The molecule has 0 N–H and O–H groups in total. The first-order valence-corrected chi connectivity index (χ1v) is 10.1. The zero-order valence-electron chi connectivity index (χ0n) is 15.9. The van der Waals surface area contributed by atoms with Gasteiger partial charge in [-0.25, -0.2) is 9.97 Å². The summed E-state index contributed by atoms with van der Waals surface area (Å²) in [6.45, 7) is 5.15. The Hall–Kier alpha value is -1.66. The summed E-state index contributed by atoms with van der Waals surface area (Å²) >= 11 is 0. The molecule has 2 aliphatic rings. The lowest BCUT2D eigenvalue weighted by Crippen LogP contribution is -2.48. The normalized spacial score (nSPS) is 23.9. The Kier molecular flexibility index (Phi) is 5.70. The number of aromatic nitrogens is 4. The minimum absolute atomic E-state index is 0.684. The number of nitrogens with zero attached hydrogens (tertiary/aromatic N) is 5. The van der Waals surface area contributed by atoms with Gasteiger partial charge in [-0.2, -0.15) is 0 Å². The highest BCUT2D eigenvalue weighted by Gasteiger charge is 2.32. The quantitative estimate of drug-likeness (QED) is 0.764. The lowest BCUT2D eigenvalue weighted by atomic mass is 9.81. The molecule has 0 aromatic carbocycles. The molecule has 0 saturated carbocycles. The van der Waals surface area contributed by atoms with E-state index in [1.165, 1.54) is 51.6 Å². The van der Waals surface area contributed by atoms with Crippen molar-refractivity contribution in [3.63, 3.8) is 0 Å². The van der Waals surface area contributed by atoms with Gasteiger partial charge in [0.1, 0.15) is 0 Å². The topological polar surface area (TPSA) is 48.1 Å². The van der Waals surface area contributed by atoms with Crippen LogP contribution in [0.15, 0.2) is 24.8 Å². The van der Waals surface area contributed by atoms with Gasteiger partial charge in [0.15, 0.2) is 11.6 Å². The van der Waals surface area contributed by atoms with Crippen molar-refractivity contribution in [3.8, 4) is 11.6 Å². The summed E-state index contributed by atoms with van der Waals surface area (Å²) in [5.41, 5.74) is 0. The number of fused-ring (bicyclic) bond motifs is 1. The highest BCUT2D eigenvalue weighted by molar-refractivity contribution is 5.44. The maximum atomic E-state index is 5.21. The average Bonchev–Trinajstić information content (AvgIpc) is 3.33. The van der Waals surface area contributed by atoms with Crippen LogP contribution in [0.2, 0.25) is 0 Å². The van der Waals surface area contributed by atoms with Crippen molar-refractivity contribution in [3.05, 3.63) is 24.8 Å². The number of rotatable bonds is 7. The van der Waals surface area contributed by atoms with E-state index in [1.54, 1.807) is 7.11 Å². The van der Waals surface area contributed by atoms with Gasteiger partial charge >= 0.3 is 0 Å². The van der Waals surface area contributed by atoms with Gasteiger partial charge in [0.2, 0.25) is 0 Å². The van der Waals surface area contributed by atoms with E-state index in [0.717, 1.165) is 36.7 Å². The Morgan fingerprint density at radius 1 is 0.962 bits per heavy atom. The predicted molar refractivity (Wildman–Crippen MR) is 102 cm³/mol. The molecule has 2 aliphatic heterocycles. The summed E-state index contributed by atoms with van der Waals surface area (Å²) in [5, 5.41) is 0. The number of hydrogen-bond acceptors (Lipinski definition) is 4. The fraction of sp³-hybridized carbons (Fsp3) is 0.700. The lowest BCUT2D eigenvalue weighted by molar-refractivity contribution is 0.0539. The van der Waals surface area contributed by atoms with Crippen molar-refractivity contribution < 1.29 is 4.74 Å². The Morgan fingerprint density at radius 2 is 1.69 bits per heavy atom. The Labute approximate surface area is 156 Å². The predicted octanol–water partition coefficient (Wildman–Crippen LogP) is 3.05. The number of imidazole rings is 2. The second-order valence-corrected chi connectivity index (χ2v) is 7.67. The largest absolute Gasteiger partial charge is 0.383 e. The molecule has 2 aromatic rings. The van der Waals surface area contributed by atoms with Crippen LogP contribution in [0, 0.1) is 5.92 Å². The van der Waals surface area contributed by atoms with Gasteiger partial charge in [0.05, 0.1) is 6.61 Å². The van der Waals surface area contributed by atoms with Crippen LogP contribution in [0.4, 0.5) is 0 Å². The average molecular weight is 358 g/mol. The van der Waals surface area contributed by atoms with Crippen molar-refractivity contribution in [2.75, 3.05) is 26.8 Å². The molecule has 0 bridgehead atoms. The summed E-state index contributed by atoms with van der Waals surface area (Å²) in [7, 11) is 1.73. The Balaban J connectivity index is 1.44. The van der Waals surface area contributed by atoms with Crippen LogP contribution in [0.25, 0.3) is 11.6 Å². The van der Waals surface area contributed by atoms with Crippen LogP contribution >= 0.6 is 0 Å². The SMILES string of the molecule is COCCn1ccnc1-c1nccn1CC[C@@H]1CCCN2CCCC[C@H]12. The van der Waals surface area contributed by atoms with Gasteiger partial charge in [-0.3, -0.25) is 0 Å². The van der Waals surface area contributed by atoms with Crippen LogP contribution in [-0.2, 0) is 17.8 Å². The molecule has 6 heteroatoms. The van der Waals surface area contributed by atoms with E-state index in [4.69, 9.17) is 4.74 Å². The second kappa shape index (κ2) is 8.35. The van der Waals surface area contributed by atoms with E-state index in [9.17, 15) is 0 Å². The zero-order chi connectivity index (χ0) is 17.8. The van der Waals surface area contributed by atoms with Crippen LogP contribution in [0.1, 0.15) is 38.5 Å². The van der Waals surface area contributed by atoms with Crippen molar-refractivity contribution >= 4 is 0 Å². The number of methoxy groups -OCH3 is 1. The first kappa shape index (κ1) is 17.7. The highest BCUT2D eigenvalue weighted by Crippen LogP contribution is 2.33. The van der Waals surface area contributed by atoms with Crippen LogP contribution < -0.4 is 0 Å². The maximum absolute atomic E-state index is 5.21. The van der Waals surface area contributed by atoms with Gasteiger partial charge in [0, 0.05) is 51.0 Å². The van der Waals surface area contributed by atoms with E-state index in [1.807, 2.05) is 18.6 Å². The van der Waals surface area contributed by atoms with Crippen molar-refractivity contribution in [2.45, 2.75) is 57.7 Å². The minimum atomic E-state index is 0.684. The first-order chi connectivity index (χ1) is 12.9. The smallest absolute Gasteiger partial charge is 0.176 e. The van der Waals surface area contributed by atoms with E-state index in [-0.39, 0.29) is 0 Å². The number of piperidine rings is 2. The van der Waals surface area contributed by atoms with Gasteiger partial charge in [0.25, 0.3) is 0 Å². The van der Waals surface area contributed by atoms with E-state index >= 15 is 0 Å². The van der Waals surface area contributed by atoms with Crippen LogP contribution in [0.3, 0.4) is 0 Å². The molecule has 2 fully saturated rings. The number of ether oxygens (including phenoxy) is 1. The van der Waals surface area contributed by atoms with E-state index in [2.05, 4.69) is 30.2 Å². The molecular weight excluding hydrogens is 326 g/mol. The zero-order valence-corrected chi connectivity index (χ0v) is 15.9. The lowest BCUT2D eigenvalue weighted by Gasteiger charge is -2.44. The first-order valence-electron chi connectivity index (χ1n) is 10.1. The maximum Gasteiger partial charge on any atom is 0.176 e. The highest BCUT2D eigenvalue weighted by atomic mass is 16.5. The molecule has 0 amide bonds. The molecule has 0 radical (unpaired) electrons. The molecule has 2 atom stereocenters. The molecule has 4 rings (SSSR count). The summed E-state index contributed by atoms with van der Waals surface area (Å²) < 4.78 is 9.63. The molecule has 0 spiro atoms. The fourth-order valence-corrected chi connectivity index (χ4v) is 4.80. The summed E-state index contributed by atoms with van der Waals surface area (Å²) in [6.07, 6.45) is 16.0. The summed E-state index contributed by atoms with van der Waals surface area (Å²) in [5.74, 6) is 2.74. The van der Waals surface area contributed by atoms with Crippen LogP contribution in [0.5, 0.6) is 0 Å². The molecule has 26 heavy (non-hydrogen) atoms. The molecule has 0 unspecified atom stereocenters.